The number of hydrogen-bond acceptors (Lipinski definition) is 6. The van der Waals surface area contributed by atoms with E-state index in [1.54, 1.807) is 35.6 Å². The van der Waals surface area contributed by atoms with Crippen LogP contribution in [0.15, 0.2) is 54.2 Å². The van der Waals surface area contributed by atoms with Crippen LogP contribution in [0.2, 0.25) is 0 Å². The van der Waals surface area contributed by atoms with Crippen LogP contribution in [0.25, 0.3) is 5.69 Å². The summed E-state index contributed by atoms with van der Waals surface area (Å²) in [6.45, 7) is 4.57. The van der Waals surface area contributed by atoms with Gasteiger partial charge in [-0.3, -0.25) is 20.4 Å². The summed E-state index contributed by atoms with van der Waals surface area (Å²) in [5.41, 5.74) is 8.43. The van der Waals surface area contributed by atoms with Crippen molar-refractivity contribution in [2.75, 3.05) is 0 Å². The second-order valence-corrected chi connectivity index (χ2v) is 7.69. The summed E-state index contributed by atoms with van der Waals surface area (Å²) in [6.07, 6.45) is 1.46. The normalized spacial score (nSPS) is 10.7. The van der Waals surface area contributed by atoms with E-state index in [1.165, 1.54) is 15.9 Å². The van der Waals surface area contributed by atoms with Gasteiger partial charge in [0.1, 0.15) is 6.33 Å². The van der Waals surface area contributed by atoms with Gasteiger partial charge >= 0.3 is 0 Å². The average molecular weight is 421 g/mol. The first-order valence-corrected chi connectivity index (χ1v) is 10.0. The lowest BCUT2D eigenvalue weighted by Crippen LogP contribution is -2.41. The van der Waals surface area contributed by atoms with Crippen LogP contribution in [0.5, 0.6) is 0 Å². The third kappa shape index (κ3) is 3.98. The maximum Gasteiger partial charge on any atom is 0.271 e. The number of hydrogen-bond donors (Lipinski definition) is 2. The lowest BCUT2D eigenvalue weighted by Gasteiger charge is -2.10. The molecule has 1 aromatic carbocycles. The highest BCUT2D eigenvalue weighted by molar-refractivity contribution is 7.09. The third-order valence-electron chi connectivity index (χ3n) is 4.74. The molecule has 30 heavy (non-hydrogen) atoms. The number of hydrazine groups is 1. The predicted molar refractivity (Wildman–Crippen MR) is 111 cm³/mol. The maximum absolute atomic E-state index is 12.6. The molecular formula is C20H19N7O2S. The van der Waals surface area contributed by atoms with Crippen LogP contribution in [0.4, 0.5) is 0 Å². The maximum atomic E-state index is 12.6. The van der Waals surface area contributed by atoms with Gasteiger partial charge in [-0.05, 0) is 66.1 Å². The minimum atomic E-state index is -0.418. The topological polar surface area (TPSA) is 107 Å². The van der Waals surface area contributed by atoms with Gasteiger partial charge in [0.2, 0.25) is 0 Å². The number of carbonyl (C=O) groups is 2. The summed E-state index contributed by atoms with van der Waals surface area (Å²) in [7, 11) is 0. The Kier molecular flexibility index (Phi) is 5.40. The summed E-state index contributed by atoms with van der Waals surface area (Å²) in [6, 6.07) is 12.6. The molecule has 152 valence electrons. The fraction of sp³-hybridized carbons (Fsp3) is 0.150. The number of amides is 2. The van der Waals surface area contributed by atoms with Crippen molar-refractivity contribution in [3.8, 4) is 5.69 Å². The van der Waals surface area contributed by atoms with Crippen LogP contribution in [-0.4, -0.2) is 36.6 Å². The van der Waals surface area contributed by atoms with Gasteiger partial charge in [0, 0.05) is 21.8 Å². The second-order valence-electron chi connectivity index (χ2n) is 6.66. The second kappa shape index (κ2) is 8.29. The van der Waals surface area contributed by atoms with Gasteiger partial charge < -0.3 is 4.57 Å². The quantitative estimate of drug-likeness (QED) is 0.481. The molecule has 0 aliphatic rings. The number of nitrogens with one attached hydrogen (secondary N) is 2. The van der Waals surface area contributed by atoms with Gasteiger partial charge in [0.15, 0.2) is 0 Å². The van der Waals surface area contributed by atoms with E-state index >= 15 is 0 Å². The van der Waals surface area contributed by atoms with Crippen LogP contribution in [0.1, 0.15) is 37.0 Å². The first kappa shape index (κ1) is 19.5. The molecule has 2 amide bonds. The number of aryl methyl sites for hydroxylation is 1. The molecule has 3 aromatic heterocycles. The van der Waals surface area contributed by atoms with Crippen LogP contribution < -0.4 is 10.9 Å². The van der Waals surface area contributed by atoms with Crippen molar-refractivity contribution in [3.05, 3.63) is 81.6 Å². The lowest BCUT2D eigenvalue weighted by atomic mass is 10.2. The van der Waals surface area contributed by atoms with Crippen LogP contribution in [0, 0.1) is 13.8 Å². The van der Waals surface area contributed by atoms with Crippen LogP contribution >= 0.6 is 11.3 Å². The Morgan fingerprint density at radius 3 is 2.50 bits per heavy atom. The summed E-state index contributed by atoms with van der Waals surface area (Å²) in [5, 5.41) is 13.0. The van der Waals surface area contributed by atoms with Crippen molar-refractivity contribution in [3.63, 3.8) is 0 Å². The molecule has 10 heteroatoms. The molecule has 0 bridgehead atoms. The molecule has 0 saturated heterocycles. The molecule has 0 aliphatic carbocycles. The Morgan fingerprint density at radius 2 is 1.83 bits per heavy atom. The zero-order valence-corrected chi connectivity index (χ0v) is 17.2. The first-order valence-electron chi connectivity index (χ1n) is 9.16. The van der Waals surface area contributed by atoms with Gasteiger partial charge in [-0.1, -0.05) is 6.07 Å². The van der Waals surface area contributed by atoms with E-state index in [2.05, 4.69) is 37.0 Å². The minimum Gasteiger partial charge on any atom is -0.343 e. The number of rotatable bonds is 5. The zero-order valence-electron chi connectivity index (χ0n) is 16.4. The average Bonchev–Trinajstić information content (AvgIpc) is 3.51. The van der Waals surface area contributed by atoms with Crippen LogP contribution in [-0.2, 0) is 6.54 Å². The highest BCUT2D eigenvalue weighted by atomic mass is 32.1. The molecule has 0 unspecified atom stereocenters. The molecule has 0 saturated carbocycles. The molecular weight excluding hydrogens is 402 g/mol. The molecule has 9 nitrogen and oxygen atoms in total. The molecule has 2 N–H and O–H groups in total. The van der Waals surface area contributed by atoms with E-state index in [0.717, 1.165) is 17.1 Å². The molecule has 0 spiro atoms. The number of tetrazole rings is 1. The number of aromatic nitrogens is 5. The van der Waals surface area contributed by atoms with E-state index in [0.29, 0.717) is 17.7 Å². The standard InChI is InChI=1S/C20H19N7O2S/c1-13-10-18(14(2)26(13)11-17-4-3-9-30-17)20(29)23-22-19(28)15-5-7-16(8-6-15)27-12-21-24-25-27/h3-10,12H,11H2,1-2H3,(H,22,28)(H,23,29). The van der Waals surface area contributed by atoms with Crippen molar-refractivity contribution in [1.82, 2.24) is 35.6 Å². The van der Waals surface area contributed by atoms with Crippen molar-refractivity contribution < 1.29 is 9.59 Å². The molecule has 0 aliphatic heterocycles. The fourth-order valence-electron chi connectivity index (χ4n) is 3.13. The van der Waals surface area contributed by atoms with Crippen molar-refractivity contribution in [1.29, 1.82) is 0 Å². The highest BCUT2D eigenvalue weighted by Crippen LogP contribution is 2.19. The fourth-order valence-corrected chi connectivity index (χ4v) is 3.82. The predicted octanol–water partition coefficient (Wildman–Crippen LogP) is 2.27. The Bertz CT molecular complexity index is 1160. The van der Waals surface area contributed by atoms with Gasteiger partial charge in [-0.25, -0.2) is 4.68 Å². The molecule has 0 fully saturated rings. The van der Waals surface area contributed by atoms with Crippen molar-refractivity contribution >= 4 is 23.2 Å². The molecule has 4 rings (SSSR count). The van der Waals surface area contributed by atoms with Gasteiger partial charge in [0.05, 0.1) is 17.8 Å². The molecule has 3 heterocycles. The Labute approximate surface area is 176 Å². The van der Waals surface area contributed by atoms with Gasteiger partial charge in [-0.15, -0.1) is 16.4 Å². The summed E-state index contributed by atoms with van der Waals surface area (Å²) < 4.78 is 3.57. The monoisotopic (exact) mass is 421 g/mol. The summed E-state index contributed by atoms with van der Waals surface area (Å²) in [4.78, 5) is 26.2. The van der Waals surface area contributed by atoms with Crippen molar-refractivity contribution in [2.45, 2.75) is 20.4 Å². The third-order valence-corrected chi connectivity index (χ3v) is 5.61. The Balaban J connectivity index is 1.40. The van der Waals surface area contributed by atoms with E-state index in [9.17, 15) is 9.59 Å². The number of benzene rings is 1. The van der Waals surface area contributed by atoms with Crippen LogP contribution in [0.3, 0.4) is 0 Å². The largest absolute Gasteiger partial charge is 0.343 e. The smallest absolute Gasteiger partial charge is 0.271 e. The molecule has 4 aromatic rings. The highest BCUT2D eigenvalue weighted by Gasteiger charge is 2.17. The number of carbonyl (C=O) groups excluding carboxylic acids is 2. The Hall–Kier alpha value is -3.79. The van der Waals surface area contributed by atoms with E-state index in [4.69, 9.17) is 0 Å². The minimum absolute atomic E-state index is 0.362. The summed E-state index contributed by atoms with van der Waals surface area (Å²) >= 11 is 1.67. The number of nitrogens with zero attached hydrogens (tertiary/aromatic N) is 5. The number of thiophene rings is 1. The van der Waals surface area contributed by atoms with Gasteiger partial charge in [-0.2, -0.15) is 0 Å². The SMILES string of the molecule is Cc1cc(C(=O)NNC(=O)c2ccc(-n3cnnn3)cc2)c(C)n1Cc1cccs1. The Morgan fingerprint density at radius 1 is 1.07 bits per heavy atom. The summed E-state index contributed by atoms with van der Waals surface area (Å²) in [5.74, 6) is -0.779. The molecule has 0 atom stereocenters. The van der Waals surface area contributed by atoms with E-state index in [-0.39, 0.29) is 5.91 Å². The first-order chi connectivity index (χ1) is 14.5. The van der Waals surface area contributed by atoms with Crippen molar-refractivity contribution in [2.24, 2.45) is 0 Å². The lowest BCUT2D eigenvalue weighted by molar-refractivity contribution is 0.0846. The van der Waals surface area contributed by atoms with Gasteiger partial charge in [0.25, 0.3) is 11.8 Å². The molecule has 0 radical (unpaired) electrons. The van der Waals surface area contributed by atoms with E-state index in [1.807, 2.05) is 31.4 Å². The zero-order chi connectivity index (χ0) is 21.1. The van der Waals surface area contributed by atoms with E-state index < -0.39 is 5.91 Å².